The fraction of sp³-hybridized carbons (Fsp3) is 0.636. The van der Waals surface area contributed by atoms with Gasteiger partial charge in [-0.2, -0.15) is 0 Å². The molecule has 0 aromatic carbocycles. The molecule has 1 fully saturated rings. The van der Waals surface area contributed by atoms with Gasteiger partial charge in [-0.1, -0.05) is 0 Å². The Balaban J connectivity index is 1.79. The van der Waals surface area contributed by atoms with Crippen molar-refractivity contribution < 1.29 is 4.79 Å². The van der Waals surface area contributed by atoms with Crippen LogP contribution in [-0.2, 0) is 11.2 Å². The van der Waals surface area contributed by atoms with Gasteiger partial charge in [-0.3, -0.25) is 9.69 Å². The molecule has 1 aromatic rings. The number of rotatable bonds is 4. The summed E-state index contributed by atoms with van der Waals surface area (Å²) in [7, 11) is 0. The smallest absolute Gasteiger partial charge is 0.152 e. The second-order valence-electron chi connectivity index (χ2n) is 4.10. The van der Waals surface area contributed by atoms with Gasteiger partial charge < -0.3 is 5.32 Å². The average molecular weight is 239 g/mol. The molecule has 0 saturated carbocycles. The van der Waals surface area contributed by atoms with Crippen LogP contribution in [0.3, 0.4) is 0 Å². The van der Waals surface area contributed by atoms with E-state index in [1.807, 2.05) is 12.3 Å². The van der Waals surface area contributed by atoms with Crippen LogP contribution < -0.4 is 5.32 Å². The van der Waals surface area contributed by atoms with Gasteiger partial charge in [-0.05, 0) is 6.92 Å². The van der Waals surface area contributed by atoms with Crippen LogP contribution in [0.5, 0.6) is 0 Å². The number of carbonyl (C=O) groups is 1. The van der Waals surface area contributed by atoms with Crippen LogP contribution in [0.25, 0.3) is 0 Å². The molecule has 0 bridgehead atoms. The van der Waals surface area contributed by atoms with Crippen LogP contribution in [-0.4, -0.2) is 48.4 Å². The SMILES string of the molecule is Cc1nc(CC(=O)CN2CCNCC2)cs1. The van der Waals surface area contributed by atoms with E-state index in [2.05, 4.69) is 15.2 Å². The minimum atomic E-state index is 0.271. The van der Waals surface area contributed by atoms with E-state index in [0.717, 1.165) is 36.9 Å². The summed E-state index contributed by atoms with van der Waals surface area (Å²) in [5, 5.41) is 6.29. The first-order valence-corrected chi connectivity index (χ1v) is 6.48. The Morgan fingerprint density at radius 3 is 2.94 bits per heavy atom. The third-order valence-electron chi connectivity index (χ3n) is 2.65. The Labute approximate surface area is 99.7 Å². The highest BCUT2D eigenvalue weighted by molar-refractivity contribution is 7.09. The monoisotopic (exact) mass is 239 g/mol. The summed E-state index contributed by atoms with van der Waals surface area (Å²) in [6, 6.07) is 0. The fourth-order valence-electron chi connectivity index (χ4n) is 1.87. The van der Waals surface area contributed by atoms with Crippen molar-refractivity contribution in [1.82, 2.24) is 15.2 Å². The molecule has 2 rings (SSSR count). The van der Waals surface area contributed by atoms with Crippen LogP contribution in [0.1, 0.15) is 10.7 Å². The lowest BCUT2D eigenvalue weighted by atomic mass is 10.2. The minimum absolute atomic E-state index is 0.271. The molecule has 0 amide bonds. The van der Waals surface area contributed by atoms with Crippen molar-refractivity contribution >= 4 is 17.1 Å². The van der Waals surface area contributed by atoms with Crippen LogP contribution >= 0.6 is 11.3 Å². The molecule has 1 saturated heterocycles. The Morgan fingerprint density at radius 1 is 1.56 bits per heavy atom. The topological polar surface area (TPSA) is 45.2 Å². The number of Topliss-reactive ketones (excluding diaryl/α,β-unsaturated/α-hetero) is 1. The molecule has 1 aliphatic rings. The summed E-state index contributed by atoms with van der Waals surface area (Å²) in [4.78, 5) is 18.3. The number of thiazole rings is 1. The van der Waals surface area contributed by atoms with E-state index >= 15 is 0 Å². The van der Waals surface area contributed by atoms with Gasteiger partial charge in [0.15, 0.2) is 5.78 Å². The van der Waals surface area contributed by atoms with Gasteiger partial charge >= 0.3 is 0 Å². The second-order valence-corrected chi connectivity index (χ2v) is 5.16. The number of nitrogens with zero attached hydrogens (tertiary/aromatic N) is 2. The lowest BCUT2D eigenvalue weighted by Crippen LogP contribution is -2.45. The highest BCUT2D eigenvalue weighted by Crippen LogP contribution is 2.09. The first-order chi connectivity index (χ1) is 7.74. The molecular formula is C11H17N3OS. The number of ketones is 1. The molecule has 0 unspecified atom stereocenters. The third-order valence-corrected chi connectivity index (χ3v) is 3.48. The summed E-state index contributed by atoms with van der Waals surface area (Å²) in [5.74, 6) is 0.271. The van der Waals surface area contributed by atoms with E-state index in [1.54, 1.807) is 11.3 Å². The maximum atomic E-state index is 11.8. The number of carbonyl (C=O) groups excluding carboxylic acids is 1. The molecule has 1 aromatic heterocycles. The van der Waals surface area contributed by atoms with Crippen molar-refractivity contribution in [2.45, 2.75) is 13.3 Å². The Kier molecular flexibility index (Phi) is 4.04. The van der Waals surface area contributed by atoms with Gasteiger partial charge in [0.05, 0.1) is 23.7 Å². The van der Waals surface area contributed by atoms with Crippen LogP contribution in [0.4, 0.5) is 0 Å². The summed E-state index contributed by atoms with van der Waals surface area (Å²) >= 11 is 1.61. The zero-order chi connectivity index (χ0) is 11.4. The number of hydrogen-bond donors (Lipinski definition) is 1. The summed E-state index contributed by atoms with van der Waals surface area (Å²) in [6.45, 7) is 6.46. The van der Waals surface area contributed by atoms with Crippen LogP contribution in [0.15, 0.2) is 5.38 Å². The number of piperazine rings is 1. The second kappa shape index (κ2) is 5.52. The number of aromatic nitrogens is 1. The molecule has 4 nitrogen and oxygen atoms in total. The quantitative estimate of drug-likeness (QED) is 0.829. The van der Waals surface area contributed by atoms with Gasteiger partial charge in [0.2, 0.25) is 0 Å². The third kappa shape index (κ3) is 3.37. The van der Waals surface area contributed by atoms with E-state index < -0.39 is 0 Å². The van der Waals surface area contributed by atoms with Gasteiger partial charge in [-0.25, -0.2) is 4.98 Å². The summed E-state index contributed by atoms with van der Waals surface area (Å²) < 4.78 is 0. The summed E-state index contributed by atoms with van der Waals surface area (Å²) in [5.41, 5.74) is 0.919. The molecule has 1 N–H and O–H groups in total. The molecule has 5 heteroatoms. The average Bonchev–Trinajstić information content (AvgIpc) is 2.65. The molecule has 0 atom stereocenters. The predicted molar refractivity (Wildman–Crippen MR) is 64.9 cm³/mol. The zero-order valence-electron chi connectivity index (χ0n) is 9.53. The van der Waals surface area contributed by atoms with E-state index in [0.29, 0.717) is 13.0 Å². The molecule has 2 heterocycles. The maximum absolute atomic E-state index is 11.8. The van der Waals surface area contributed by atoms with E-state index in [-0.39, 0.29) is 5.78 Å². The lowest BCUT2D eigenvalue weighted by molar-refractivity contribution is -0.119. The van der Waals surface area contributed by atoms with E-state index in [4.69, 9.17) is 0 Å². The highest BCUT2D eigenvalue weighted by atomic mass is 32.1. The first-order valence-electron chi connectivity index (χ1n) is 5.60. The zero-order valence-corrected chi connectivity index (χ0v) is 10.3. The van der Waals surface area contributed by atoms with Crippen molar-refractivity contribution in [2.75, 3.05) is 32.7 Å². The van der Waals surface area contributed by atoms with Crippen molar-refractivity contribution in [3.63, 3.8) is 0 Å². The van der Waals surface area contributed by atoms with Gasteiger partial charge in [0.1, 0.15) is 0 Å². The van der Waals surface area contributed by atoms with Crippen LogP contribution in [0, 0.1) is 6.92 Å². The first kappa shape index (κ1) is 11.7. The number of hydrogen-bond acceptors (Lipinski definition) is 5. The molecular weight excluding hydrogens is 222 g/mol. The van der Waals surface area contributed by atoms with E-state index in [1.165, 1.54) is 0 Å². The molecule has 1 aliphatic heterocycles. The number of aryl methyl sites for hydroxylation is 1. The van der Waals surface area contributed by atoms with Gasteiger partial charge in [-0.15, -0.1) is 11.3 Å². The number of nitrogens with one attached hydrogen (secondary N) is 1. The Morgan fingerprint density at radius 2 is 2.31 bits per heavy atom. The fourth-order valence-corrected chi connectivity index (χ4v) is 2.48. The van der Waals surface area contributed by atoms with Crippen molar-refractivity contribution in [2.24, 2.45) is 0 Å². The molecule has 88 valence electrons. The molecule has 16 heavy (non-hydrogen) atoms. The van der Waals surface area contributed by atoms with Gasteiger partial charge in [0.25, 0.3) is 0 Å². The van der Waals surface area contributed by atoms with E-state index in [9.17, 15) is 4.79 Å². The van der Waals surface area contributed by atoms with Crippen molar-refractivity contribution in [1.29, 1.82) is 0 Å². The Bertz CT molecular complexity index is 358. The Hall–Kier alpha value is -0.780. The van der Waals surface area contributed by atoms with Crippen molar-refractivity contribution in [3.8, 4) is 0 Å². The van der Waals surface area contributed by atoms with Gasteiger partial charge in [0, 0.05) is 31.6 Å². The lowest BCUT2D eigenvalue weighted by Gasteiger charge is -2.26. The predicted octanol–water partition coefficient (Wildman–Crippen LogP) is 0.468. The summed E-state index contributed by atoms with van der Waals surface area (Å²) in [6.07, 6.45) is 0.480. The minimum Gasteiger partial charge on any atom is -0.314 e. The molecule has 0 radical (unpaired) electrons. The maximum Gasteiger partial charge on any atom is 0.152 e. The molecule has 0 spiro atoms. The standard InChI is InChI=1S/C11H17N3OS/c1-9-13-10(8-16-9)6-11(15)7-14-4-2-12-3-5-14/h8,12H,2-7H2,1H3. The normalized spacial score (nSPS) is 17.6. The molecule has 0 aliphatic carbocycles. The van der Waals surface area contributed by atoms with Crippen LogP contribution in [0.2, 0.25) is 0 Å². The van der Waals surface area contributed by atoms with Crippen molar-refractivity contribution in [3.05, 3.63) is 16.1 Å². The highest BCUT2D eigenvalue weighted by Gasteiger charge is 2.14. The largest absolute Gasteiger partial charge is 0.314 e.